The average molecular weight is 491 g/mol. The lowest BCUT2D eigenvalue weighted by molar-refractivity contribution is -0.136. The summed E-state index contributed by atoms with van der Waals surface area (Å²) < 4.78 is 14.6. The summed E-state index contributed by atoms with van der Waals surface area (Å²) in [5, 5.41) is 14.1. The molecule has 1 saturated heterocycles. The Morgan fingerprint density at radius 3 is 2.67 bits per heavy atom. The van der Waals surface area contributed by atoms with Crippen LogP contribution in [0.5, 0.6) is 0 Å². The van der Waals surface area contributed by atoms with Gasteiger partial charge in [0.1, 0.15) is 11.5 Å². The van der Waals surface area contributed by atoms with E-state index in [0.29, 0.717) is 54.7 Å². The van der Waals surface area contributed by atoms with Crippen molar-refractivity contribution in [3.05, 3.63) is 53.4 Å². The maximum absolute atomic E-state index is 14.6. The molecule has 36 heavy (non-hydrogen) atoms. The molecular weight excluding hydrogens is 459 g/mol. The Bertz CT molecular complexity index is 1210. The molecule has 5 aliphatic rings. The lowest BCUT2D eigenvalue weighted by Crippen LogP contribution is -2.61. The molecule has 3 atom stereocenters. The number of halogens is 1. The quantitative estimate of drug-likeness (QED) is 0.638. The van der Waals surface area contributed by atoms with Crippen LogP contribution in [-0.4, -0.2) is 58.3 Å². The third-order valence-corrected chi connectivity index (χ3v) is 8.70. The maximum Gasteiger partial charge on any atom is 0.270 e. The average Bonchev–Trinajstić information content (AvgIpc) is 2.85. The molecule has 9 heteroatoms. The van der Waals surface area contributed by atoms with Crippen LogP contribution in [0.1, 0.15) is 49.5 Å². The van der Waals surface area contributed by atoms with E-state index in [2.05, 4.69) is 25.0 Å². The summed E-state index contributed by atoms with van der Waals surface area (Å²) in [5.41, 5.74) is 0.599. The van der Waals surface area contributed by atoms with Crippen molar-refractivity contribution in [2.75, 3.05) is 29.4 Å². The Balaban J connectivity index is 1.13. The zero-order valence-electron chi connectivity index (χ0n) is 20.4. The zero-order valence-corrected chi connectivity index (χ0v) is 20.4. The summed E-state index contributed by atoms with van der Waals surface area (Å²) in [7, 11) is 0. The lowest BCUT2D eigenvalue weighted by Gasteiger charge is -2.58. The predicted octanol–water partition coefficient (Wildman–Crippen LogP) is 3.55. The van der Waals surface area contributed by atoms with E-state index in [1.54, 1.807) is 24.4 Å². The highest BCUT2D eigenvalue weighted by Crippen LogP contribution is 2.55. The van der Waals surface area contributed by atoms with E-state index >= 15 is 0 Å². The minimum Gasteiger partial charge on any atom is -0.390 e. The highest BCUT2D eigenvalue weighted by Gasteiger charge is 2.55. The van der Waals surface area contributed by atoms with Crippen LogP contribution < -0.4 is 15.1 Å². The predicted molar refractivity (Wildman–Crippen MR) is 133 cm³/mol. The molecule has 1 amide bonds. The van der Waals surface area contributed by atoms with Crippen LogP contribution in [-0.2, 0) is 0 Å². The number of aromatic nitrogens is 2. The van der Waals surface area contributed by atoms with Gasteiger partial charge in [0.2, 0.25) is 5.95 Å². The molecule has 0 spiro atoms. The van der Waals surface area contributed by atoms with Gasteiger partial charge in [0.05, 0.1) is 17.9 Å². The molecule has 4 saturated carbocycles. The molecule has 4 aliphatic carbocycles. The summed E-state index contributed by atoms with van der Waals surface area (Å²) in [4.78, 5) is 29.6. The van der Waals surface area contributed by atoms with Gasteiger partial charge in [-0.05, 0) is 75.0 Å². The second-order valence-corrected chi connectivity index (χ2v) is 11.2. The van der Waals surface area contributed by atoms with Crippen LogP contribution in [0.3, 0.4) is 0 Å². The molecule has 8 nitrogen and oxygen atoms in total. The van der Waals surface area contributed by atoms with E-state index in [1.807, 2.05) is 11.8 Å². The number of hydrogen-bond donors (Lipinski definition) is 2. The third-order valence-electron chi connectivity index (χ3n) is 8.70. The molecule has 2 unspecified atom stereocenters. The molecule has 188 valence electrons. The first-order valence-electron chi connectivity index (χ1n) is 12.9. The summed E-state index contributed by atoms with van der Waals surface area (Å²) in [6.07, 6.45) is 6.27. The van der Waals surface area contributed by atoms with Crippen molar-refractivity contribution in [3.8, 4) is 0 Å². The van der Waals surface area contributed by atoms with Gasteiger partial charge < -0.3 is 20.2 Å². The van der Waals surface area contributed by atoms with Crippen molar-refractivity contribution in [2.24, 2.45) is 17.8 Å². The summed E-state index contributed by atoms with van der Waals surface area (Å²) in [6.45, 7) is 10.8. The van der Waals surface area contributed by atoms with E-state index in [4.69, 9.17) is 6.57 Å². The third kappa shape index (κ3) is 4.07. The van der Waals surface area contributed by atoms with E-state index in [9.17, 15) is 14.3 Å². The van der Waals surface area contributed by atoms with Gasteiger partial charge in [0.15, 0.2) is 5.69 Å². The molecule has 7 rings (SSSR count). The largest absolute Gasteiger partial charge is 0.390 e. The van der Waals surface area contributed by atoms with Gasteiger partial charge in [-0.15, -0.1) is 0 Å². The highest BCUT2D eigenvalue weighted by molar-refractivity contribution is 5.92. The fourth-order valence-corrected chi connectivity index (χ4v) is 7.35. The Hall–Kier alpha value is -3.25. The van der Waals surface area contributed by atoms with Gasteiger partial charge >= 0.3 is 0 Å². The standard InChI is InChI=1S/C27H31FN6O2/c1-16-15-33(23-4-3-20(29-2)11-21(23)28)7-8-34(16)26-30-6-5-22(31-26)25(35)32-24-18-9-17-10-19(24)14-27(36,12-17)13-18/h3-6,11,16-19,24,36H,7-10,12-15H2,1H3,(H,32,35)/t16-,17?,18?,19?,24?,27?/m1/s1. The van der Waals surface area contributed by atoms with Crippen molar-refractivity contribution in [2.45, 2.75) is 56.7 Å². The summed E-state index contributed by atoms with van der Waals surface area (Å²) >= 11 is 0. The maximum atomic E-state index is 14.6. The smallest absolute Gasteiger partial charge is 0.270 e. The van der Waals surface area contributed by atoms with Crippen molar-refractivity contribution in [3.63, 3.8) is 0 Å². The number of anilines is 2. The molecule has 1 aliphatic heterocycles. The van der Waals surface area contributed by atoms with E-state index in [0.717, 1.165) is 32.1 Å². The molecule has 2 N–H and O–H groups in total. The number of nitrogens with one attached hydrogen (secondary N) is 1. The molecular formula is C27H31FN6O2. The van der Waals surface area contributed by atoms with Gasteiger partial charge in [0.25, 0.3) is 5.91 Å². The van der Waals surface area contributed by atoms with Crippen LogP contribution in [0.4, 0.5) is 21.7 Å². The molecule has 2 aromatic rings. The second-order valence-electron chi connectivity index (χ2n) is 11.2. The topological polar surface area (TPSA) is 86.0 Å². The van der Waals surface area contributed by atoms with Crippen LogP contribution in [0, 0.1) is 30.1 Å². The molecule has 0 radical (unpaired) electrons. The first kappa shape index (κ1) is 23.2. The van der Waals surface area contributed by atoms with E-state index in [1.165, 1.54) is 6.07 Å². The number of amides is 1. The SMILES string of the molecule is [C-]#[N+]c1ccc(N2CCN(c3nccc(C(=O)NC4C5CC6CC4CC(O)(C6)C5)n3)[C@H](C)C2)c(F)c1. The van der Waals surface area contributed by atoms with Crippen LogP contribution in [0.25, 0.3) is 4.85 Å². The number of aliphatic hydroxyl groups is 1. The number of piperazine rings is 1. The highest BCUT2D eigenvalue weighted by atomic mass is 19.1. The Kier molecular flexibility index (Phi) is 5.60. The van der Waals surface area contributed by atoms with E-state index in [-0.39, 0.29) is 23.7 Å². The number of benzene rings is 1. The van der Waals surface area contributed by atoms with Gasteiger partial charge in [-0.25, -0.2) is 19.2 Å². The summed E-state index contributed by atoms with van der Waals surface area (Å²) in [5.74, 6) is 1.18. The fourth-order valence-electron chi connectivity index (χ4n) is 7.35. The van der Waals surface area contributed by atoms with Crippen molar-refractivity contribution in [1.82, 2.24) is 15.3 Å². The van der Waals surface area contributed by atoms with Crippen molar-refractivity contribution < 1.29 is 14.3 Å². The van der Waals surface area contributed by atoms with Gasteiger partial charge in [-0.2, -0.15) is 0 Å². The molecule has 1 aromatic carbocycles. The van der Waals surface area contributed by atoms with Crippen LogP contribution in [0.2, 0.25) is 0 Å². The number of carbonyl (C=O) groups excluding carboxylic acids is 1. The van der Waals surface area contributed by atoms with Gasteiger partial charge in [0, 0.05) is 37.9 Å². The second kappa shape index (κ2) is 8.70. The molecule has 2 heterocycles. The molecule has 5 fully saturated rings. The zero-order chi connectivity index (χ0) is 25.0. The van der Waals surface area contributed by atoms with Gasteiger partial charge in [-0.1, -0.05) is 6.07 Å². The number of nitrogens with zero attached hydrogens (tertiary/aromatic N) is 5. The molecule has 1 aromatic heterocycles. The number of carbonyl (C=O) groups is 1. The Labute approximate surface area is 210 Å². The van der Waals surface area contributed by atoms with Crippen molar-refractivity contribution >= 4 is 23.2 Å². The Morgan fingerprint density at radius 2 is 2.00 bits per heavy atom. The Morgan fingerprint density at radius 1 is 1.22 bits per heavy atom. The first-order valence-corrected chi connectivity index (χ1v) is 12.9. The lowest BCUT2D eigenvalue weighted by atomic mass is 9.52. The number of rotatable bonds is 4. The first-order chi connectivity index (χ1) is 17.3. The minimum atomic E-state index is -0.528. The monoisotopic (exact) mass is 490 g/mol. The minimum absolute atomic E-state index is 0.00201. The van der Waals surface area contributed by atoms with E-state index < -0.39 is 11.4 Å². The summed E-state index contributed by atoms with van der Waals surface area (Å²) in [6, 6.07) is 6.32. The fraction of sp³-hybridized carbons (Fsp3) is 0.556. The number of hydrogen-bond acceptors (Lipinski definition) is 6. The van der Waals surface area contributed by atoms with Gasteiger partial charge in [-0.3, -0.25) is 4.79 Å². The normalized spacial score (nSPS) is 32.9. The van der Waals surface area contributed by atoms with Crippen molar-refractivity contribution in [1.29, 1.82) is 0 Å². The molecule has 4 bridgehead atoms. The van der Waals surface area contributed by atoms with Crippen LogP contribution >= 0.6 is 0 Å². The van der Waals surface area contributed by atoms with Crippen LogP contribution in [0.15, 0.2) is 30.5 Å².